The Morgan fingerprint density at radius 3 is 2.38 bits per heavy atom. The number of hydrogen-bond donors (Lipinski definition) is 0. The van der Waals surface area contributed by atoms with E-state index in [4.69, 9.17) is 50.2 Å². The van der Waals surface area contributed by atoms with Gasteiger partial charge in [-0.3, -0.25) is 0 Å². The van der Waals surface area contributed by atoms with Gasteiger partial charge in [-0.05, 0) is 18.4 Å². The van der Waals surface area contributed by atoms with E-state index in [1.165, 1.54) is 0 Å². The van der Waals surface area contributed by atoms with Crippen LogP contribution in [-0.4, -0.2) is 21.0 Å². The fourth-order valence-corrected chi connectivity index (χ4v) is 3.87. The number of ether oxygens (including phenoxy) is 1. The number of halogens is 4. The van der Waals surface area contributed by atoms with Crippen molar-refractivity contribution in [2.45, 2.75) is 24.2 Å². The fourth-order valence-electron chi connectivity index (χ4n) is 1.73. The zero-order valence-corrected chi connectivity index (χ0v) is 14.4. The molecule has 0 aromatic heterocycles. The van der Waals surface area contributed by atoms with Crippen molar-refractivity contribution in [3.63, 3.8) is 0 Å². The predicted molar refractivity (Wildman–Crippen MR) is 82.1 cm³/mol. The number of rotatable bonds is 5. The Bertz CT molecular complexity index is 683. The lowest BCUT2D eigenvalue weighted by atomic mass is 10.2. The summed E-state index contributed by atoms with van der Waals surface area (Å²) in [6, 6.07) is 0.996. The zero-order valence-electron chi connectivity index (χ0n) is 10.5. The Hall–Kier alpha value is -0.200. The molecule has 1 saturated carbocycles. The minimum Gasteiger partial charge on any atom is -0.462 e. The van der Waals surface area contributed by atoms with Crippen molar-refractivity contribution >= 4 is 60.5 Å². The van der Waals surface area contributed by atoms with Crippen LogP contribution in [0.25, 0.3) is 0 Å². The molecule has 0 atom stereocenters. The third-order valence-electron chi connectivity index (χ3n) is 3.05. The van der Waals surface area contributed by atoms with Crippen molar-refractivity contribution in [1.29, 1.82) is 0 Å². The molecular weight excluding hydrogens is 382 g/mol. The zero-order chi connectivity index (χ0) is 15.8. The molecule has 0 radical (unpaired) electrons. The van der Waals surface area contributed by atoms with E-state index in [9.17, 15) is 13.2 Å². The van der Waals surface area contributed by atoms with Crippen molar-refractivity contribution in [3.8, 4) is 0 Å². The smallest absolute Gasteiger partial charge is 0.341 e. The molecule has 4 nitrogen and oxygen atoms in total. The highest BCUT2D eigenvalue weighted by molar-refractivity contribution is 8.13. The summed E-state index contributed by atoms with van der Waals surface area (Å²) in [6.45, 7) is 0.214. The molecule has 116 valence electrons. The van der Waals surface area contributed by atoms with Gasteiger partial charge >= 0.3 is 5.97 Å². The van der Waals surface area contributed by atoms with Crippen LogP contribution in [0.4, 0.5) is 0 Å². The first kappa shape index (κ1) is 17.2. The fraction of sp³-hybridized carbons (Fsp3) is 0.417. The Morgan fingerprint density at radius 2 is 1.86 bits per heavy atom. The van der Waals surface area contributed by atoms with Gasteiger partial charge in [0, 0.05) is 10.7 Å². The maximum atomic E-state index is 12.0. The second-order valence-electron chi connectivity index (χ2n) is 4.67. The van der Waals surface area contributed by atoms with Crippen molar-refractivity contribution in [3.05, 3.63) is 26.7 Å². The molecule has 21 heavy (non-hydrogen) atoms. The van der Waals surface area contributed by atoms with Gasteiger partial charge in [-0.2, -0.15) is 0 Å². The first-order chi connectivity index (χ1) is 9.71. The minimum absolute atomic E-state index is 0.144. The molecule has 0 N–H and O–H groups in total. The van der Waals surface area contributed by atoms with E-state index in [-0.39, 0.29) is 22.2 Å². The first-order valence-electron chi connectivity index (χ1n) is 6.01. The molecule has 0 aliphatic heterocycles. The second kappa shape index (κ2) is 6.50. The first-order valence-corrected chi connectivity index (χ1v) is 9.45. The van der Waals surface area contributed by atoms with Gasteiger partial charge < -0.3 is 4.74 Å². The highest BCUT2D eigenvalue weighted by Crippen LogP contribution is 2.38. The molecule has 1 aliphatic carbocycles. The van der Waals surface area contributed by atoms with Crippen LogP contribution in [-0.2, 0) is 13.8 Å². The molecule has 2 rings (SSSR count). The molecular formula is C12H10Cl4O4S. The van der Waals surface area contributed by atoms with Gasteiger partial charge in [-0.25, -0.2) is 13.2 Å². The van der Waals surface area contributed by atoms with Crippen molar-refractivity contribution in [2.75, 3.05) is 6.61 Å². The van der Waals surface area contributed by atoms with Crippen LogP contribution in [0, 0.1) is 5.92 Å². The molecule has 0 bridgehead atoms. The summed E-state index contributed by atoms with van der Waals surface area (Å²) in [7, 11) is 1.09. The summed E-state index contributed by atoms with van der Waals surface area (Å²) in [5.41, 5.74) is -0.291. The standard InChI is InChI=1S/C12H10Cl4O4S/c13-7-5-8(21(16,18)19)11(15)9(10(7)14)12(17)20-4-3-6-1-2-6/h5-6H,1-4H2. The van der Waals surface area contributed by atoms with Crippen molar-refractivity contribution in [1.82, 2.24) is 0 Å². The largest absolute Gasteiger partial charge is 0.462 e. The van der Waals surface area contributed by atoms with Crippen LogP contribution in [0.5, 0.6) is 0 Å². The lowest BCUT2D eigenvalue weighted by Crippen LogP contribution is -2.10. The monoisotopic (exact) mass is 390 g/mol. The third-order valence-corrected chi connectivity index (χ3v) is 5.68. The lowest BCUT2D eigenvalue weighted by molar-refractivity contribution is 0.0495. The van der Waals surface area contributed by atoms with Gasteiger partial charge in [0.05, 0.1) is 27.2 Å². The van der Waals surface area contributed by atoms with Gasteiger partial charge in [-0.1, -0.05) is 47.6 Å². The molecule has 0 amide bonds. The van der Waals surface area contributed by atoms with E-state index in [0.29, 0.717) is 5.92 Å². The Kier molecular flexibility index (Phi) is 5.31. The molecule has 1 aromatic carbocycles. The Morgan fingerprint density at radius 1 is 1.24 bits per heavy atom. The molecule has 0 saturated heterocycles. The van der Waals surface area contributed by atoms with E-state index >= 15 is 0 Å². The number of carbonyl (C=O) groups is 1. The average Bonchev–Trinajstić information content (AvgIpc) is 3.16. The molecule has 1 aromatic rings. The normalized spacial score (nSPS) is 15.0. The van der Waals surface area contributed by atoms with Gasteiger partial charge in [0.25, 0.3) is 9.05 Å². The molecule has 0 heterocycles. The molecule has 9 heteroatoms. The van der Waals surface area contributed by atoms with Gasteiger partial charge in [0.15, 0.2) is 0 Å². The predicted octanol–water partition coefficient (Wildman–Crippen LogP) is 4.53. The summed E-state index contributed by atoms with van der Waals surface area (Å²) in [5, 5.41) is -0.701. The van der Waals surface area contributed by atoms with E-state index < -0.39 is 24.9 Å². The van der Waals surface area contributed by atoms with E-state index in [2.05, 4.69) is 0 Å². The van der Waals surface area contributed by atoms with Gasteiger partial charge in [0.2, 0.25) is 0 Å². The maximum Gasteiger partial charge on any atom is 0.341 e. The van der Waals surface area contributed by atoms with E-state index in [1.54, 1.807) is 0 Å². The summed E-state index contributed by atoms with van der Waals surface area (Å²) in [5.74, 6) is -0.239. The van der Waals surface area contributed by atoms with E-state index in [1.807, 2.05) is 0 Å². The Balaban J connectivity index is 2.32. The second-order valence-corrected chi connectivity index (χ2v) is 8.36. The van der Waals surface area contributed by atoms with Crippen molar-refractivity contribution < 1.29 is 17.9 Å². The van der Waals surface area contributed by atoms with Crippen LogP contribution >= 0.6 is 45.5 Å². The SMILES string of the molecule is O=C(OCCC1CC1)c1c(Cl)c(Cl)cc(S(=O)(=O)Cl)c1Cl. The Labute approximate surface area is 141 Å². The molecule has 1 fully saturated rings. The average molecular weight is 392 g/mol. The van der Waals surface area contributed by atoms with Gasteiger partial charge in [-0.15, -0.1) is 0 Å². The maximum absolute atomic E-state index is 12.0. The van der Waals surface area contributed by atoms with Crippen molar-refractivity contribution in [2.24, 2.45) is 5.92 Å². The third kappa shape index (κ3) is 4.17. The minimum atomic E-state index is -4.16. The number of esters is 1. The topological polar surface area (TPSA) is 60.4 Å². The van der Waals surface area contributed by atoms with Gasteiger partial charge in [0.1, 0.15) is 4.90 Å². The molecule has 0 unspecified atom stereocenters. The number of carbonyl (C=O) groups excluding carboxylic acids is 1. The number of hydrogen-bond acceptors (Lipinski definition) is 4. The van der Waals surface area contributed by atoms with Crippen LogP contribution in [0.3, 0.4) is 0 Å². The van der Waals surface area contributed by atoms with Crippen LogP contribution in [0.15, 0.2) is 11.0 Å². The van der Waals surface area contributed by atoms with E-state index in [0.717, 1.165) is 25.3 Å². The molecule has 0 spiro atoms. The van der Waals surface area contributed by atoms with Crippen LogP contribution in [0.1, 0.15) is 29.6 Å². The molecule has 1 aliphatic rings. The summed E-state index contributed by atoms with van der Waals surface area (Å²) in [6.07, 6.45) is 3.01. The number of benzene rings is 1. The van der Waals surface area contributed by atoms with Crippen LogP contribution < -0.4 is 0 Å². The quantitative estimate of drug-likeness (QED) is 0.420. The highest BCUT2D eigenvalue weighted by atomic mass is 35.7. The summed E-state index contributed by atoms with van der Waals surface area (Å²) >= 11 is 17.6. The summed E-state index contributed by atoms with van der Waals surface area (Å²) in [4.78, 5) is 11.6. The highest BCUT2D eigenvalue weighted by Gasteiger charge is 2.28. The van der Waals surface area contributed by atoms with Crippen LogP contribution in [0.2, 0.25) is 15.1 Å². The summed E-state index contributed by atoms with van der Waals surface area (Å²) < 4.78 is 27.9. The lowest BCUT2D eigenvalue weighted by Gasteiger charge is -2.11.